The number of rotatable bonds is 13. The van der Waals surface area contributed by atoms with Crippen molar-refractivity contribution in [3.63, 3.8) is 0 Å². The van der Waals surface area contributed by atoms with Crippen molar-refractivity contribution in [1.29, 1.82) is 0 Å². The molecule has 0 heterocycles. The molecule has 0 atom stereocenters. The van der Waals surface area contributed by atoms with Crippen LogP contribution < -0.4 is 10.1 Å². The van der Waals surface area contributed by atoms with Gasteiger partial charge in [-0.3, -0.25) is 9.59 Å². The molecule has 0 fully saturated rings. The van der Waals surface area contributed by atoms with Gasteiger partial charge in [0.2, 0.25) is 5.91 Å². The summed E-state index contributed by atoms with van der Waals surface area (Å²) >= 11 is 0. The Labute approximate surface area is 168 Å². The normalized spacial score (nSPS) is 10.5. The van der Waals surface area contributed by atoms with E-state index in [1.807, 2.05) is 42.5 Å². The first-order valence-corrected chi connectivity index (χ1v) is 10.3. The minimum Gasteiger partial charge on any atom is -0.457 e. The number of anilines is 1. The summed E-state index contributed by atoms with van der Waals surface area (Å²) < 4.78 is 5.76. The third-order valence-corrected chi connectivity index (χ3v) is 4.51. The van der Waals surface area contributed by atoms with Gasteiger partial charge in [-0.2, -0.15) is 0 Å². The zero-order valence-corrected chi connectivity index (χ0v) is 16.8. The highest BCUT2D eigenvalue weighted by molar-refractivity contribution is 6.04. The Morgan fingerprint density at radius 2 is 1.50 bits per heavy atom. The number of hydrogen-bond donors (Lipinski definition) is 1. The first-order chi connectivity index (χ1) is 13.7. The molecule has 0 saturated heterocycles. The number of para-hydroxylation sites is 1. The van der Waals surface area contributed by atoms with Crippen LogP contribution in [0.3, 0.4) is 0 Å². The topological polar surface area (TPSA) is 55.4 Å². The largest absolute Gasteiger partial charge is 0.457 e. The van der Waals surface area contributed by atoms with Gasteiger partial charge in [-0.05, 0) is 30.7 Å². The summed E-state index contributed by atoms with van der Waals surface area (Å²) in [5, 5.41) is 2.78. The van der Waals surface area contributed by atoms with Crippen LogP contribution in [0, 0.1) is 0 Å². The Morgan fingerprint density at radius 3 is 2.25 bits per heavy atom. The predicted molar refractivity (Wildman–Crippen MR) is 114 cm³/mol. The molecule has 0 radical (unpaired) electrons. The molecule has 2 aromatic rings. The molecule has 0 saturated carbocycles. The highest BCUT2D eigenvalue weighted by Gasteiger charge is 2.10. The molecule has 28 heavy (non-hydrogen) atoms. The van der Waals surface area contributed by atoms with E-state index in [9.17, 15) is 9.59 Å². The lowest BCUT2D eigenvalue weighted by Crippen LogP contribution is -2.16. The van der Waals surface area contributed by atoms with Crippen molar-refractivity contribution >= 4 is 17.4 Å². The second kappa shape index (κ2) is 12.7. The van der Waals surface area contributed by atoms with Crippen molar-refractivity contribution in [2.75, 3.05) is 5.32 Å². The van der Waals surface area contributed by atoms with E-state index in [4.69, 9.17) is 4.74 Å². The maximum Gasteiger partial charge on any atom is 0.231 e. The number of Topliss-reactive ketones (excluding diaryl/α,β-unsaturated/α-hetero) is 1. The highest BCUT2D eigenvalue weighted by atomic mass is 16.5. The fourth-order valence-electron chi connectivity index (χ4n) is 3.01. The number of ether oxygens (including phenoxy) is 1. The van der Waals surface area contributed by atoms with Gasteiger partial charge in [0, 0.05) is 18.2 Å². The minimum absolute atomic E-state index is 0.00254. The number of unbranched alkanes of at least 4 members (excludes halogenated alkanes) is 6. The summed E-state index contributed by atoms with van der Waals surface area (Å²) in [5.41, 5.74) is 0.627. The van der Waals surface area contributed by atoms with Gasteiger partial charge < -0.3 is 10.1 Å². The summed E-state index contributed by atoms with van der Waals surface area (Å²) in [6.07, 6.45) is 8.58. The third kappa shape index (κ3) is 8.85. The number of carbonyl (C=O) groups is 2. The van der Waals surface area contributed by atoms with E-state index in [0.29, 0.717) is 17.9 Å². The molecule has 2 rings (SSSR count). The van der Waals surface area contributed by atoms with Gasteiger partial charge in [0.05, 0.1) is 6.42 Å². The maximum absolute atomic E-state index is 12.1. The van der Waals surface area contributed by atoms with E-state index in [2.05, 4.69) is 12.2 Å². The van der Waals surface area contributed by atoms with E-state index >= 15 is 0 Å². The zero-order valence-electron chi connectivity index (χ0n) is 16.8. The first kappa shape index (κ1) is 21.7. The SMILES string of the molecule is CCCCCCCCCC(=O)CC(=O)Nc1cccc(Oc2ccccc2)c1. The Kier molecular flexibility index (Phi) is 9.84. The van der Waals surface area contributed by atoms with Crippen LogP contribution in [0.15, 0.2) is 54.6 Å². The lowest BCUT2D eigenvalue weighted by atomic mass is 10.1. The van der Waals surface area contributed by atoms with Gasteiger partial charge in [0.1, 0.15) is 17.3 Å². The number of nitrogens with one attached hydrogen (secondary N) is 1. The lowest BCUT2D eigenvalue weighted by molar-refractivity contribution is -0.125. The second-order valence-corrected chi connectivity index (χ2v) is 7.08. The number of amides is 1. The monoisotopic (exact) mass is 381 g/mol. The van der Waals surface area contributed by atoms with Gasteiger partial charge in [0.15, 0.2) is 0 Å². The highest BCUT2D eigenvalue weighted by Crippen LogP contribution is 2.24. The maximum atomic E-state index is 12.1. The third-order valence-electron chi connectivity index (χ3n) is 4.51. The van der Waals surface area contributed by atoms with Gasteiger partial charge in [0.25, 0.3) is 0 Å². The van der Waals surface area contributed by atoms with E-state index in [1.165, 1.54) is 32.1 Å². The van der Waals surface area contributed by atoms with Gasteiger partial charge in [-0.25, -0.2) is 0 Å². The quantitative estimate of drug-likeness (QED) is 0.317. The fourth-order valence-corrected chi connectivity index (χ4v) is 3.01. The molecule has 4 heteroatoms. The molecule has 0 spiro atoms. The number of hydrogen-bond acceptors (Lipinski definition) is 3. The van der Waals surface area contributed by atoms with Gasteiger partial charge in [-0.1, -0.05) is 69.7 Å². The summed E-state index contributed by atoms with van der Waals surface area (Å²) in [6.45, 7) is 2.20. The number of ketones is 1. The van der Waals surface area contributed by atoms with Crippen molar-refractivity contribution in [2.45, 2.75) is 64.7 Å². The summed E-state index contributed by atoms with van der Waals surface area (Å²) in [6, 6.07) is 16.6. The molecule has 0 unspecified atom stereocenters. The van der Waals surface area contributed by atoms with E-state index in [1.54, 1.807) is 12.1 Å². The fraction of sp³-hybridized carbons (Fsp3) is 0.417. The molecule has 1 N–H and O–H groups in total. The molecule has 4 nitrogen and oxygen atoms in total. The van der Waals surface area contributed by atoms with Crippen molar-refractivity contribution < 1.29 is 14.3 Å². The second-order valence-electron chi connectivity index (χ2n) is 7.08. The predicted octanol–water partition coefficient (Wildman–Crippen LogP) is 6.52. The van der Waals surface area contributed by atoms with Crippen LogP contribution in [-0.4, -0.2) is 11.7 Å². The molecule has 0 aromatic heterocycles. The lowest BCUT2D eigenvalue weighted by Gasteiger charge is -2.09. The molecule has 2 aromatic carbocycles. The molecule has 150 valence electrons. The Bertz CT molecular complexity index is 728. The van der Waals surface area contributed by atoms with Crippen molar-refractivity contribution in [3.05, 3.63) is 54.6 Å². The van der Waals surface area contributed by atoms with Crippen LogP contribution >= 0.6 is 0 Å². The molecule has 0 aliphatic heterocycles. The van der Waals surface area contributed by atoms with Crippen LogP contribution in [-0.2, 0) is 9.59 Å². The summed E-state index contributed by atoms with van der Waals surface area (Å²) in [7, 11) is 0. The van der Waals surface area contributed by atoms with E-state index in [0.717, 1.165) is 18.6 Å². The molecular formula is C24H31NO3. The van der Waals surface area contributed by atoms with E-state index in [-0.39, 0.29) is 18.1 Å². The standard InChI is InChI=1S/C24H31NO3/c1-2-3-4-5-6-7-9-14-21(26)19-24(27)25-20-13-12-17-23(18-20)28-22-15-10-8-11-16-22/h8,10-13,15-18H,2-7,9,14,19H2,1H3,(H,25,27). The average molecular weight is 382 g/mol. The molecule has 0 aliphatic carbocycles. The Hall–Kier alpha value is -2.62. The van der Waals surface area contributed by atoms with Crippen LogP contribution in [0.25, 0.3) is 0 Å². The number of benzene rings is 2. The molecule has 1 amide bonds. The van der Waals surface area contributed by atoms with Crippen molar-refractivity contribution in [3.8, 4) is 11.5 Å². The van der Waals surface area contributed by atoms with Crippen LogP contribution in [0.2, 0.25) is 0 Å². The summed E-state index contributed by atoms with van der Waals surface area (Å²) in [4.78, 5) is 24.1. The van der Waals surface area contributed by atoms with Gasteiger partial charge in [-0.15, -0.1) is 0 Å². The van der Waals surface area contributed by atoms with Crippen LogP contribution in [0.4, 0.5) is 5.69 Å². The van der Waals surface area contributed by atoms with Crippen LogP contribution in [0.1, 0.15) is 64.7 Å². The van der Waals surface area contributed by atoms with Crippen molar-refractivity contribution in [1.82, 2.24) is 0 Å². The molecular weight excluding hydrogens is 350 g/mol. The zero-order chi connectivity index (χ0) is 20.0. The molecule has 0 bridgehead atoms. The van der Waals surface area contributed by atoms with Gasteiger partial charge >= 0.3 is 0 Å². The number of carbonyl (C=O) groups excluding carboxylic acids is 2. The average Bonchev–Trinajstić information content (AvgIpc) is 2.68. The Balaban J connectivity index is 1.69. The summed E-state index contributed by atoms with van der Waals surface area (Å²) in [5.74, 6) is 1.10. The smallest absolute Gasteiger partial charge is 0.231 e. The first-order valence-electron chi connectivity index (χ1n) is 10.3. The Morgan fingerprint density at radius 1 is 0.821 bits per heavy atom. The molecule has 0 aliphatic rings. The van der Waals surface area contributed by atoms with Crippen LogP contribution in [0.5, 0.6) is 11.5 Å². The van der Waals surface area contributed by atoms with E-state index < -0.39 is 0 Å². The van der Waals surface area contributed by atoms with Crippen molar-refractivity contribution in [2.24, 2.45) is 0 Å². The minimum atomic E-state index is -0.273.